The molecule has 2 N–H and O–H groups in total. The maximum Gasteiger partial charge on any atom is 0.244 e. The van der Waals surface area contributed by atoms with E-state index in [0.717, 1.165) is 35.4 Å². The number of amides is 1. The first-order chi connectivity index (χ1) is 16.1. The van der Waals surface area contributed by atoms with E-state index in [1.54, 1.807) is 17.0 Å². The SMILES string of the molecule is O=C(CN1c2ccccc2C2(COc3cc4c(cc32)CCCC4)C1O)Nc1ccccc1F. The maximum atomic E-state index is 14.0. The Morgan fingerprint density at radius 3 is 2.61 bits per heavy atom. The van der Waals surface area contributed by atoms with Crippen LogP contribution in [0.2, 0.25) is 0 Å². The first-order valence-corrected chi connectivity index (χ1v) is 11.5. The van der Waals surface area contributed by atoms with Gasteiger partial charge in [0.1, 0.15) is 29.8 Å². The first kappa shape index (κ1) is 20.2. The van der Waals surface area contributed by atoms with E-state index in [1.165, 1.54) is 36.1 Å². The van der Waals surface area contributed by atoms with Gasteiger partial charge in [-0.3, -0.25) is 4.79 Å². The average Bonchev–Trinajstić information content (AvgIpc) is 3.31. The van der Waals surface area contributed by atoms with Gasteiger partial charge in [0.15, 0.2) is 0 Å². The van der Waals surface area contributed by atoms with E-state index in [0.29, 0.717) is 6.61 Å². The monoisotopic (exact) mass is 444 g/mol. The lowest BCUT2D eigenvalue weighted by Crippen LogP contribution is -2.49. The number of halogens is 1. The third-order valence-electron chi connectivity index (χ3n) is 7.27. The summed E-state index contributed by atoms with van der Waals surface area (Å²) >= 11 is 0. The molecule has 0 fully saturated rings. The van der Waals surface area contributed by atoms with E-state index in [1.807, 2.05) is 24.3 Å². The Bertz CT molecular complexity index is 1260. The van der Waals surface area contributed by atoms with Gasteiger partial charge in [-0.2, -0.15) is 0 Å². The predicted molar refractivity (Wildman–Crippen MR) is 124 cm³/mol. The molecule has 0 radical (unpaired) electrons. The zero-order valence-corrected chi connectivity index (χ0v) is 18.2. The minimum Gasteiger partial charge on any atom is -0.492 e. The summed E-state index contributed by atoms with van der Waals surface area (Å²) in [4.78, 5) is 14.6. The Morgan fingerprint density at radius 2 is 1.79 bits per heavy atom. The second-order valence-corrected chi connectivity index (χ2v) is 9.13. The van der Waals surface area contributed by atoms with Gasteiger partial charge < -0.3 is 20.1 Å². The maximum absolute atomic E-state index is 14.0. The Kier molecular flexibility index (Phi) is 4.66. The highest BCUT2D eigenvalue weighted by atomic mass is 19.1. The number of anilines is 2. The van der Waals surface area contributed by atoms with Crippen LogP contribution in [0.1, 0.15) is 35.1 Å². The molecule has 3 aromatic carbocycles. The molecule has 2 unspecified atom stereocenters. The minimum absolute atomic E-state index is 0.103. The van der Waals surface area contributed by atoms with Gasteiger partial charge in [0.2, 0.25) is 5.91 Å². The molecule has 1 aliphatic carbocycles. The van der Waals surface area contributed by atoms with Crippen LogP contribution in [0.4, 0.5) is 15.8 Å². The Labute approximate surface area is 191 Å². The number of fused-ring (bicyclic) bond motifs is 5. The van der Waals surface area contributed by atoms with Crippen LogP contribution < -0.4 is 15.0 Å². The fourth-order valence-corrected chi connectivity index (χ4v) is 5.65. The van der Waals surface area contributed by atoms with Crippen LogP contribution in [-0.4, -0.2) is 30.4 Å². The van der Waals surface area contributed by atoms with Gasteiger partial charge in [-0.15, -0.1) is 0 Å². The highest BCUT2D eigenvalue weighted by molar-refractivity contribution is 5.95. The Balaban J connectivity index is 1.37. The van der Waals surface area contributed by atoms with Crippen molar-refractivity contribution in [2.75, 3.05) is 23.4 Å². The summed E-state index contributed by atoms with van der Waals surface area (Å²) < 4.78 is 20.2. The number of nitrogens with one attached hydrogen (secondary N) is 1. The quantitative estimate of drug-likeness (QED) is 0.637. The summed E-state index contributed by atoms with van der Waals surface area (Å²) in [6.07, 6.45) is 3.46. The number of para-hydroxylation sites is 2. The van der Waals surface area contributed by atoms with Crippen LogP contribution in [-0.2, 0) is 23.1 Å². The number of aliphatic hydroxyl groups excluding tert-OH is 1. The molecule has 2 heterocycles. The summed E-state index contributed by atoms with van der Waals surface area (Å²) in [7, 11) is 0. The molecule has 3 aliphatic rings. The van der Waals surface area contributed by atoms with Crippen molar-refractivity contribution in [1.82, 2.24) is 0 Å². The molecule has 6 rings (SSSR count). The van der Waals surface area contributed by atoms with E-state index in [-0.39, 0.29) is 12.2 Å². The number of hydrogen-bond donors (Lipinski definition) is 2. The van der Waals surface area contributed by atoms with E-state index >= 15 is 0 Å². The van der Waals surface area contributed by atoms with E-state index < -0.39 is 23.4 Å². The molecule has 1 spiro atoms. The number of carbonyl (C=O) groups excluding carboxylic acids is 1. The average molecular weight is 445 g/mol. The smallest absolute Gasteiger partial charge is 0.244 e. The van der Waals surface area contributed by atoms with E-state index in [2.05, 4.69) is 17.4 Å². The number of hydrogen-bond acceptors (Lipinski definition) is 4. The number of rotatable bonds is 3. The zero-order valence-electron chi connectivity index (χ0n) is 18.2. The van der Waals surface area contributed by atoms with E-state index in [9.17, 15) is 14.3 Å². The molecule has 0 aromatic heterocycles. The van der Waals surface area contributed by atoms with Crippen LogP contribution in [0.5, 0.6) is 5.75 Å². The molecule has 0 bridgehead atoms. The van der Waals surface area contributed by atoms with Crippen molar-refractivity contribution in [3.05, 3.63) is 88.7 Å². The lowest BCUT2D eigenvalue weighted by atomic mass is 9.74. The third kappa shape index (κ3) is 3.04. The van der Waals surface area contributed by atoms with Crippen molar-refractivity contribution in [2.24, 2.45) is 0 Å². The van der Waals surface area contributed by atoms with Gasteiger partial charge in [-0.25, -0.2) is 4.39 Å². The molecule has 168 valence electrons. The third-order valence-corrected chi connectivity index (χ3v) is 7.27. The lowest BCUT2D eigenvalue weighted by Gasteiger charge is -2.32. The highest BCUT2D eigenvalue weighted by Crippen LogP contribution is 2.54. The molecule has 0 saturated heterocycles. The number of aryl methyl sites for hydroxylation is 2. The summed E-state index contributed by atoms with van der Waals surface area (Å²) in [6.45, 7) is 0.212. The molecule has 5 nitrogen and oxygen atoms in total. The number of aliphatic hydroxyl groups is 1. The second kappa shape index (κ2) is 7.59. The van der Waals surface area contributed by atoms with Crippen LogP contribution in [0, 0.1) is 5.82 Å². The van der Waals surface area contributed by atoms with Crippen molar-refractivity contribution in [1.29, 1.82) is 0 Å². The molecule has 2 aliphatic heterocycles. The fraction of sp³-hybridized carbons (Fsp3) is 0.296. The molecule has 0 saturated carbocycles. The molecule has 3 aromatic rings. The summed E-state index contributed by atoms with van der Waals surface area (Å²) in [5, 5.41) is 14.3. The Morgan fingerprint density at radius 1 is 1.06 bits per heavy atom. The Hall–Kier alpha value is -3.38. The predicted octanol–water partition coefficient (Wildman–Crippen LogP) is 4.16. The first-order valence-electron chi connectivity index (χ1n) is 11.5. The number of carbonyl (C=O) groups is 1. The summed E-state index contributed by atoms with van der Waals surface area (Å²) in [6, 6.07) is 18.2. The second-order valence-electron chi connectivity index (χ2n) is 9.13. The van der Waals surface area contributed by atoms with Crippen molar-refractivity contribution in [3.8, 4) is 5.75 Å². The standard InChI is InChI=1S/C27H25FN2O3/c28-21-10-4-5-11-22(21)29-25(31)15-30-23-12-6-3-9-19(23)27(26(30)32)16-33-24-14-18-8-2-1-7-17(18)13-20(24)27/h3-6,9-14,26,32H,1-2,7-8,15-16H2,(H,29,31). The minimum atomic E-state index is -0.982. The largest absolute Gasteiger partial charge is 0.492 e. The van der Waals surface area contributed by atoms with Gasteiger partial charge >= 0.3 is 0 Å². The van der Waals surface area contributed by atoms with Gasteiger partial charge in [-0.05, 0) is 66.6 Å². The number of nitrogens with zero attached hydrogens (tertiary/aromatic N) is 1. The van der Waals surface area contributed by atoms with Crippen molar-refractivity contribution < 1.29 is 19.0 Å². The van der Waals surface area contributed by atoms with Crippen molar-refractivity contribution >= 4 is 17.3 Å². The topological polar surface area (TPSA) is 61.8 Å². The molecule has 1 amide bonds. The molecule has 2 atom stereocenters. The lowest BCUT2D eigenvalue weighted by molar-refractivity contribution is -0.115. The highest BCUT2D eigenvalue weighted by Gasteiger charge is 2.56. The van der Waals surface area contributed by atoms with Crippen molar-refractivity contribution in [3.63, 3.8) is 0 Å². The zero-order chi connectivity index (χ0) is 22.6. The number of benzene rings is 3. The van der Waals surface area contributed by atoms with Crippen LogP contribution in [0.25, 0.3) is 0 Å². The van der Waals surface area contributed by atoms with Gasteiger partial charge in [0.05, 0.1) is 12.2 Å². The van der Waals surface area contributed by atoms with Crippen LogP contribution in [0.3, 0.4) is 0 Å². The molecular weight excluding hydrogens is 419 g/mol. The van der Waals surface area contributed by atoms with Gasteiger partial charge in [-0.1, -0.05) is 36.4 Å². The molecule has 33 heavy (non-hydrogen) atoms. The summed E-state index contributed by atoms with van der Waals surface area (Å²) in [5.74, 6) is -0.0645. The molecular formula is C27H25FN2O3. The normalized spacial score (nSPS) is 22.5. The number of ether oxygens (including phenoxy) is 1. The van der Waals surface area contributed by atoms with Gasteiger partial charge in [0, 0.05) is 11.3 Å². The summed E-state index contributed by atoms with van der Waals surface area (Å²) in [5.41, 5.74) is 4.75. The van der Waals surface area contributed by atoms with E-state index in [4.69, 9.17) is 4.74 Å². The molecule has 6 heteroatoms. The van der Waals surface area contributed by atoms with Gasteiger partial charge in [0.25, 0.3) is 0 Å². The van der Waals surface area contributed by atoms with Crippen LogP contribution >= 0.6 is 0 Å². The van der Waals surface area contributed by atoms with Crippen LogP contribution in [0.15, 0.2) is 60.7 Å². The van der Waals surface area contributed by atoms with Crippen molar-refractivity contribution in [2.45, 2.75) is 37.3 Å². The fourth-order valence-electron chi connectivity index (χ4n) is 5.65.